The molecule has 0 unspecified atom stereocenters. The van der Waals surface area contributed by atoms with Crippen molar-refractivity contribution in [3.63, 3.8) is 0 Å². The molecule has 0 fully saturated rings. The molecule has 0 aliphatic heterocycles. The molecule has 1 heterocycles. The number of aliphatic hydroxyl groups excluding tert-OH is 1. The van der Waals surface area contributed by atoms with Crippen molar-refractivity contribution >= 4 is 11.8 Å². The Morgan fingerprint density at radius 2 is 2.14 bits per heavy atom. The van der Waals surface area contributed by atoms with E-state index in [1.807, 2.05) is 6.92 Å². The van der Waals surface area contributed by atoms with Crippen molar-refractivity contribution in [3.05, 3.63) is 29.6 Å². The van der Waals surface area contributed by atoms with E-state index in [1.54, 1.807) is 12.3 Å². The SMILES string of the molecule is CCNC(=O)CCNC(=O)c1cncc(C#CCCO)c1. The largest absolute Gasteiger partial charge is 0.395 e. The van der Waals surface area contributed by atoms with E-state index in [-0.39, 0.29) is 31.4 Å². The zero-order valence-electron chi connectivity index (χ0n) is 12.0. The first-order valence-electron chi connectivity index (χ1n) is 6.77. The fraction of sp³-hybridized carbons (Fsp3) is 0.400. The summed E-state index contributed by atoms with van der Waals surface area (Å²) in [6.07, 6.45) is 3.61. The molecule has 6 nitrogen and oxygen atoms in total. The van der Waals surface area contributed by atoms with E-state index in [0.717, 1.165) is 0 Å². The van der Waals surface area contributed by atoms with E-state index >= 15 is 0 Å². The lowest BCUT2D eigenvalue weighted by atomic mass is 10.2. The van der Waals surface area contributed by atoms with Crippen LogP contribution >= 0.6 is 0 Å². The Morgan fingerprint density at radius 1 is 1.33 bits per heavy atom. The molecular weight excluding hydrogens is 270 g/mol. The number of pyridine rings is 1. The van der Waals surface area contributed by atoms with Crippen LogP contribution < -0.4 is 10.6 Å². The minimum atomic E-state index is -0.294. The van der Waals surface area contributed by atoms with Gasteiger partial charge in [-0.05, 0) is 13.0 Å². The molecule has 0 aromatic carbocycles. The third kappa shape index (κ3) is 6.54. The van der Waals surface area contributed by atoms with E-state index in [0.29, 0.717) is 24.1 Å². The quantitative estimate of drug-likeness (QED) is 0.646. The third-order valence-electron chi connectivity index (χ3n) is 2.48. The van der Waals surface area contributed by atoms with Crippen LogP contribution in [-0.4, -0.2) is 41.6 Å². The highest BCUT2D eigenvalue weighted by atomic mass is 16.2. The van der Waals surface area contributed by atoms with E-state index in [4.69, 9.17) is 5.11 Å². The molecule has 0 aliphatic carbocycles. The van der Waals surface area contributed by atoms with Gasteiger partial charge >= 0.3 is 0 Å². The van der Waals surface area contributed by atoms with Gasteiger partial charge in [0.15, 0.2) is 0 Å². The number of aromatic nitrogens is 1. The Labute approximate surface area is 124 Å². The minimum absolute atomic E-state index is 0.000426. The zero-order chi connectivity index (χ0) is 15.5. The number of amides is 2. The molecule has 21 heavy (non-hydrogen) atoms. The summed E-state index contributed by atoms with van der Waals surface area (Å²) >= 11 is 0. The smallest absolute Gasteiger partial charge is 0.252 e. The average molecular weight is 289 g/mol. The number of carbonyl (C=O) groups is 2. The fourth-order valence-electron chi connectivity index (χ4n) is 1.53. The number of nitrogens with one attached hydrogen (secondary N) is 2. The number of hydrogen-bond acceptors (Lipinski definition) is 4. The van der Waals surface area contributed by atoms with Crippen LogP contribution in [0.15, 0.2) is 18.5 Å². The second-order valence-corrected chi connectivity index (χ2v) is 4.20. The van der Waals surface area contributed by atoms with E-state index in [1.165, 1.54) is 6.20 Å². The molecule has 0 saturated heterocycles. The van der Waals surface area contributed by atoms with Gasteiger partial charge in [-0.15, -0.1) is 0 Å². The summed E-state index contributed by atoms with van der Waals surface area (Å²) in [7, 11) is 0. The van der Waals surface area contributed by atoms with Gasteiger partial charge in [-0.25, -0.2) is 0 Å². The number of nitrogens with zero attached hydrogens (tertiary/aromatic N) is 1. The van der Waals surface area contributed by atoms with E-state index in [2.05, 4.69) is 27.5 Å². The van der Waals surface area contributed by atoms with Gasteiger partial charge in [0, 0.05) is 43.9 Å². The molecular formula is C15H19N3O3. The highest BCUT2D eigenvalue weighted by Gasteiger charge is 2.07. The van der Waals surface area contributed by atoms with E-state index < -0.39 is 0 Å². The summed E-state index contributed by atoms with van der Waals surface area (Å²) in [5.41, 5.74) is 1.00. The summed E-state index contributed by atoms with van der Waals surface area (Å²) in [6, 6.07) is 1.62. The van der Waals surface area contributed by atoms with Crippen LogP contribution in [0.25, 0.3) is 0 Å². The Bertz CT molecular complexity index is 547. The van der Waals surface area contributed by atoms with Crippen LogP contribution in [0.3, 0.4) is 0 Å². The van der Waals surface area contributed by atoms with Crippen molar-refractivity contribution in [3.8, 4) is 11.8 Å². The monoisotopic (exact) mass is 289 g/mol. The Kier molecular flexibility index (Phi) is 7.54. The normalized spacial score (nSPS) is 9.43. The maximum absolute atomic E-state index is 11.9. The predicted octanol–water partition coefficient (Wildman–Crippen LogP) is 0.0715. The van der Waals surface area contributed by atoms with Crippen molar-refractivity contribution in [1.29, 1.82) is 0 Å². The predicted molar refractivity (Wildman–Crippen MR) is 78.5 cm³/mol. The molecule has 6 heteroatoms. The standard InChI is InChI=1S/C15H19N3O3/c1-2-17-14(20)6-7-18-15(21)13-9-12(10-16-11-13)5-3-4-8-19/h9-11,19H,2,4,6-8H2,1H3,(H,17,20)(H,18,21). The van der Waals surface area contributed by atoms with Crippen LogP contribution in [0, 0.1) is 11.8 Å². The number of carbonyl (C=O) groups excluding carboxylic acids is 2. The van der Waals surface area contributed by atoms with Crippen LogP contribution in [-0.2, 0) is 4.79 Å². The highest BCUT2D eigenvalue weighted by molar-refractivity contribution is 5.94. The maximum atomic E-state index is 11.9. The van der Waals surface area contributed by atoms with Crippen molar-refractivity contribution in [2.24, 2.45) is 0 Å². The lowest BCUT2D eigenvalue weighted by Gasteiger charge is -2.05. The van der Waals surface area contributed by atoms with Crippen LogP contribution in [0.2, 0.25) is 0 Å². The van der Waals surface area contributed by atoms with Crippen molar-refractivity contribution in [1.82, 2.24) is 15.6 Å². The fourth-order valence-corrected chi connectivity index (χ4v) is 1.53. The van der Waals surface area contributed by atoms with Crippen LogP contribution in [0.5, 0.6) is 0 Å². The average Bonchev–Trinajstić information content (AvgIpc) is 2.48. The molecule has 3 N–H and O–H groups in total. The lowest BCUT2D eigenvalue weighted by molar-refractivity contribution is -0.120. The summed E-state index contributed by atoms with van der Waals surface area (Å²) < 4.78 is 0. The van der Waals surface area contributed by atoms with Gasteiger partial charge in [-0.1, -0.05) is 11.8 Å². The highest BCUT2D eigenvalue weighted by Crippen LogP contribution is 2.01. The molecule has 1 aromatic heterocycles. The first-order chi connectivity index (χ1) is 10.2. The van der Waals surface area contributed by atoms with Crippen molar-refractivity contribution in [2.75, 3.05) is 19.7 Å². The summed E-state index contributed by atoms with van der Waals surface area (Å²) in [5, 5.41) is 14.0. The van der Waals surface area contributed by atoms with Gasteiger partial charge in [-0.3, -0.25) is 14.6 Å². The maximum Gasteiger partial charge on any atom is 0.252 e. The Morgan fingerprint density at radius 3 is 2.86 bits per heavy atom. The van der Waals surface area contributed by atoms with Gasteiger partial charge in [0.05, 0.1) is 12.2 Å². The van der Waals surface area contributed by atoms with Crippen LogP contribution in [0.1, 0.15) is 35.7 Å². The first kappa shape index (κ1) is 16.7. The summed E-state index contributed by atoms with van der Waals surface area (Å²) in [5.74, 6) is 5.19. The van der Waals surface area contributed by atoms with Crippen LogP contribution in [0.4, 0.5) is 0 Å². The van der Waals surface area contributed by atoms with E-state index in [9.17, 15) is 9.59 Å². The zero-order valence-corrected chi connectivity index (χ0v) is 12.0. The molecule has 0 atom stereocenters. The van der Waals surface area contributed by atoms with Gasteiger partial charge in [0.25, 0.3) is 5.91 Å². The van der Waals surface area contributed by atoms with Gasteiger partial charge in [-0.2, -0.15) is 0 Å². The van der Waals surface area contributed by atoms with Gasteiger partial charge in [0.1, 0.15) is 0 Å². The molecule has 2 amide bonds. The molecule has 0 aliphatic rings. The summed E-state index contributed by atoms with van der Waals surface area (Å²) in [6.45, 7) is 2.68. The molecule has 1 rings (SSSR count). The number of rotatable bonds is 6. The van der Waals surface area contributed by atoms with Gasteiger partial charge in [0.2, 0.25) is 5.91 Å². The van der Waals surface area contributed by atoms with Crippen molar-refractivity contribution < 1.29 is 14.7 Å². The Hall–Kier alpha value is -2.39. The number of hydrogen-bond donors (Lipinski definition) is 3. The van der Waals surface area contributed by atoms with Crippen molar-refractivity contribution in [2.45, 2.75) is 19.8 Å². The molecule has 0 spiro atoms. The second-order valence-electron chi connectivity index (χ2n) is 4.20. The molecule has 0 radical (unpaired) electrons. The second kappa shape index (κ2) is 9.50. The lowest BCUT2D eigenvalue weighted by Crippen LogP contribution is -2.30. The first-order valence-corrected chi connectivity index (χ1v) is 6.77. The molecule has 1 aromatic rings. The number of aliphatic hydroxyl groups is 1. The molecule has 112 valence electrons. The molecule has 0 bridgehead atoms. The minimum Gasteiger partial charge on any atom is -0.395 e. The summed E-state index contributed by atoms with van der Waals surface area (Å²) in [4.78, 5) is 27.1. The van der Waals surface area contributed by atoms with Gasteiger partial charge < -0.3 is 15.7 Å². The topological polar surface area (TPSA) is 91.3 Å². The third-order valence-corrected chi connectivity index (χ3v) is 2.48. The molecule has 0 saturated carbocycles. The Balaban J connectivity index is 2.53.